The summed E-state index contributed by atoms with van der Waals surface area (Å²) in [6.45, 7) is 0. The minimum atomic E-state index is -4.83. The second-order valence-corrected chi connectivity index (χ2v) is 3.41. The number of hydrogen-bond donors (Lipinski definition) is 0. The topological polar surface area (TPSA) is 61.0 Å². The third-order valence-electron chi connectivity index (χ3n) is 2.21. The maximum Gasteiger partial charge on any atom is 0.439 e. The smallest absolute Gasteiger partial charge is 0.339 e. The van der Waals surface area contributed by atoms with Gasteiger partial charge in [0.1, 0.15) is 0 Å². The van der Waals surface area contributed by atoms with Crippen molar-refractivity contribution in [1.82, 2.24) is 9.89 Å². The molecule has 0 spiro atoms. The Labute approximate surface area is 98.6 Å². The lowest BCUT2D eigenvalue weighted by Crippen LogP contribution is -2.20. The van der Waals surface area contributed by atoms with Gasteiger partial charge in [-0.05, 0) is 0 Å². The molecule has 0 unspecified atom stereocenters. The molecule has 94 valence electrons. The number of hydrogen-bond acceptors (Lipinski definition) is 3. The average Bonchev–Trinajstić information content (AvgIpc) is 2.74. The summed E-state index contributed by atoms with van der Waals surface area (Å²) in [5.41, 5.74) is -1.13. The van der Waals surface area contributed by atoms with Gasteiger partial charge in [-0.1, -0.05) is 30.3 Å². The molecule has 5 nitrogen and oxygen atoms in total. The Balaban J connectivity index is 2.57. The van der Waals surface area contributed by atoms with Crippen molar-refractivity contribution < 1.29 is 18.2 Å². The van der Waals surface area contributed by atoms with Crippen LogP contribution in [0.5, 0.6) is 0 Å². The van der Waals surface area contributed by atoms with Gasteiger partial charge in [-0.3, -0.25) is 0 Å². The molecule has 1 heterocycles. The predicted octanol–water partition coefficient (Wildman–Crippen LogP) is 2.61. The molecule has 1 aromatic heterocycles. The molecular weight excluding hydrogens is 251 g/mol. The highest BCUT2D eigenvalue weighted by Gasteiger charge is 2.40. The monoisotopic (exact) mass is 257 g/mol. The predicted molar refractivity (Wildman–Crippen MR) is 55.1 cm³/mol. The molecule has 0 N–H and O–H groups in total. The van der Waals surface area contributed by atoms with E-state index in [1.165, 1.54) is 12.1 Å². The molecule has 0 aliphatic heterocycles. The maximum atomic E-state index is 12.6. The molecule has 0 fully saturated rings. The number of nitrogens with zero attached hydrogens (tertiary/aromatic N) is 3. The van der Waals surface area contributed by atoms with Gasteiger partial charge >= 0.3 is 6.18 Å². The first kappa shape index (κ1) is 12.1. The van der Waals surface area contributed by atoms with Crippen LogP contribution in [0.3, 0.4) is 0 Å². The summed E-state index contributed by atoms with van der Waals surface area (Å²) in [6.07, 6.45) is -4.83. The Morgan fingerprint density at radius 2 is 1.83 bits per heavy atom. The van der Waals surface area contributed by atoms with Crippen LogP contribution >= 0.6 is 0 Å². The normalized spacial score (nSPS) is 11.5. The third-order valence-corrected chi connectivity index (χ3v) is 2.21. The minimum absolute atomic E-state index is 0.0976. The molecule has 8 heteroatoms. The van der Waals surface area contributed by atoms with Crippen LogP contribution in [0.4, 0.5) is 13.2 Å². The molecule has 2 rings (SSSR count). The fraction of sp³-hybridized carbons (Fsp3) is 0.100. The van der Waals surface area contributed by atoms with Crippen LogP contribution in [0.2, 0.25) is 0 Å². The molecular formula is C10H6F3N3O2. The van der Waals surface area contributed by atoms with Gasteiger partial charge in [-0.25, -0.2) is 0 Å². The van der Waals surface area contributed by atoms with Gasteiger partial charge in [0.05, 0.1) is 10.1 Å². The van der Waals surface area contributed by atoms with Crippen molar-refractivity contribution in [3.05, 3.63) is 52.2 Å². The van der Waals surface area contributed by atoms with Crippen molar-refractivity contribution >= 4 is 0 Å². The van der Waals surface area contributed by atoms with Crippen LogP contribution in [0.25, 0.3) is 11.3 Å². The number of nitro groups is 1. The van der Waals surface area contributed by atoms with Gasteiger partial charge < -0.3 is 10.1 Å². The van der Waals surface area contributed by atoms with E-state index in [4.69, 9.17) is 0 Å². The number of alkyl halides is 3. The Bertz CT molecular complexity index is 578. The van der Waals surface area contributed by atoms with Crippen LogP contribution in [0.1, 0.15) is 5.69 Å². The van der Waals surface area contributed by atoms with Gasteiger partial charge in [-0.2, -0.15) is 13.2 Å². The molecule has 0 aliphatic rings. The average molecular weight is 257 g/mol. The van der Waals surface area contributed by atoms with E-state index < -0.39 is 16.9 Å². The molecule has 0 aliphatic carbocycles. The first-order valence-corrected chi connectivity index (χ1v) is 4.77. The van der Waals surface area contributed by atoms with Crippen LogP contribution in [0.15, 0.2) is 36.4 Å². The van der Waals surface area contributed by atoms with E-state index in [9.17, 15) is 23.3 Å². The van der Waals surface area contributed by atoms with Crippen molar-refractivity contribution in [2.45, 2.75) is 6.18 Å². The van der Waals surface area contributed by atoms with Crippen LogP contribution in [0, 0.1) is 10.1 Å². The number of benzene rings is 1. The SMILES string of the molecule is O=[N+]([O-])n1nc(-c2ccccc2)cc1C(F)(F)F. The molecule has 0 saturated heterocycles. The third kappa shape index (κ3) is 2.17. The van der Waals surface area contributed by atoms with Gasteiger partial charge in [0.2, 0.25) is 11.4 Å². The van der Waals surface area contributed by atoms with Crippen LogP contribution < -0.4 is 0 Å². The quantitative estimate of drug-likeness (QED) is 0.613. The second kappa shape index (κ2) is 4.13. The summed E-state index contributed by atoms with van der Waals surface area (Å²) < 4.78 is 37.7. The maximum absolute atomic E-state index is 12.6. The lowest BCUT2D eigenvalue weighted by molar-refractivity contribution is -0.557. The molecule has 0 amide bonds. The van der Waals surface area contributed by atoms with Gasteiger partial charge in [0.25, 0.3) is 0 Å². The second-order valence-electron chi connectivity index (χ2n) is 3.41. The molecule has 18 heavy (non-hydrogen) atoms. The molecule has 2 aromatic rings. The Kier molecular flexibility index (Phi) is 2.77. The zero-order chi connectivity index (χ0) is 13.3. The Morgan fingerprint density at radius 1 is 1.22 bits per heavy atom. The summed E-state index contributed by atoms with van der Waals surface area (Å²) in [5.74, 6) is 0. The summed E-state index contributed by atoms with van der Waals surface area (Å²) in [4.78, 5) is 10.3. The zero-order valence-corrected chi connectivity index (χ0v) is 8.76. The lowest BCUT2D eigenvalue weighted by Gasteiger charge is -2.02. The summed E-state index contributed by atoms with van der Waals surface area (Å²) in [6, 6.07) is 8.58. The standard InChI is InChI=1S/C10H6F3N3O2/c11-10(12,13)9-6-8(14-15(9)16(17)18)7-4-2-1-3-5-7/h1-6H. The van der Waals surface area contributed by atoms with Crippen molar-refractivity contribution in [2.24, 2.45) is 0 Å². The fourth-order valence-corrected chi connectivity index (χ4v) is 1.44. The highest BCUT2D eigenvalue weighted by atomic mass is 19.4. The largest absolute Gasteiger partial charge is 0.439 e. The molecule has 0 bridgehead atoms. The molecule has 0 saturated carbocycles. The molecule has 1 aromatic carbocycles. The van der Waals surface area contributed by atoms with Gasteiger partial charge in [0, 0.05) is 16.4 Å². The number of halogens is 3. The first-order chi connectivity index (χ1) is 8.39. The Hall–Kier alpha value is -2.38. The van der Waals surface area contributed by atoms with Crippen molar-refractivity contribution in [1.29, 1.82) is 0 Å². The number of aromatic nitrogens is 2. The molecule has 0 atom stereocenters. The zero-order valence-electron chi connectivity index (χ0n) is 8.76. The van der Waals surface area contributed by atoms with Crippen molar-refractivity contribution in [3.8, 4) is 11.3 Å². The summed E-state index contributed by atoms with van der Waals surface area (Å²) in [5, 5.41) is 12.7. The van der Waals surface area contributed by atoms with Crippen molar-refractivity contribution in [2.75, 3.05) is 0 Å². The van der Waals surface area contributed by atoms with E-state index >= 15 is 0 Å². The van der Waals surface area contributed by atoms with Crippen LogP contribution in [-0.2, 0) is 6.18 Å². The summed E-state index contributed by atoms with van der Waals surface area (Å²) >= 11 is 0. The van der Waals surface area contributed by atoms with Gasteiger partial charge in [-0.15, -0.1) is 0 Å². The minimum Gasteiger partial charge on any atom is -0.339 e. The Morgan fingerprint density at radius 3 is 2.28 bits per heavy atom. The number of rotatable bonds is 2. The van der Waals surface area contributed by atoms with E-state index in [1.807, 2.05) is 0 Å². The summed E-state index contributed by atoms with van der Waals surface area (Å²) in [7, 11) is 0. The lowest BCUT2D eigenvalue weighted by atomic mass is 10.1. The highest BCUT2D eigenvalue weighted by Crippen LogP contribution is 2.32. The van der Waals surface area contributed by atoms with E-state index in [-0.39, 0.29) is 10.5 Å². The van der Waals surface area contributed by atoms with Crippen LogP contribution in [-0.4, -0.2) is 14.9 Å². The fourth-order valence-electron chi connectivity index (χ4n) is 1.44. The molecule has 0 radical (unpaired) electrons. The van der Waals surface area contributed by atoms with E-state index in [0.717, 1.165) is 0 Å². The van der Waals surface area contributed by atoms with Crippen molar-refractivity contribution in [3.63, 3.8) is 0 Å². The highest BCUT2D eigenvalue weighted by molar-refractivity contribution is 5.59. The first-order valence-electron chi connectivity index (χ1n) is 4.77. The van der Waals surface area contributed by atoms with Gasteiger partial charge in [0.15, 0.2) is 0 Å². The van der Waals surface area contributed by atoms with E-state index in [0.29, 0.717) is 11.6 Å². The van der Waals surface area contributed by atoms with E-state index in [2.05, 4.69) is 5.10 Å². The van der Waals surface area contributed by atoms with E-state index in [1.54, 1.807) is 18.2 Å².